The van der Waals surface area contributed by atoms with Crippen molar-refractivity contribution in [3.8, 4) is 11.5 Å². The Morgan fingerprint density at radius 1 is 1.07 bits per heavy atom. The third-order valence-electron chi connectivity index (χ3n) is 4.21. The Morgan fingerprint density at radius 2 is 1.70 bits per heavy atom. The number of hydrogen-bond acceptors (Lipinski definition) is 8. The number of nitrogens with two attached hydrogens (primary N) is 1. The number of benzene rings is 1. The third-order valence-corrected chi connectivity index (χ3v) is 4.21. The van der Waals surface area contributed by atoms with Crippen LogP contribution in [0.5, 0.6) is 11.5 Å². The molecular weight excluding hydrogens is 354 g/mol. The monoisotopic (exact) mass is 375 g/mol. The Hall–Kier alpha value is -3.16. The summed E-state index contributed by atoms with van der Waals surface area (Å²) in [5.41, 5.74) is 6.83. The van der Waals surface area contributed by atoms with E-state index < -0.39 is 17.9 Å². The van der Waals surface area contributed by atoms with Crippen LogP contribution in [0.3, 0.4) is 0 Å². The first-order chi connectivity index (χ1) is 13.0. The molecule has 27 heavy (non-hydrogen) atoms. The first-order valence-corrected chi connectivity index (χ1v) is 8.59. The van der Waals surface area contributed by atoms with Crippen molar-refractivity contribution in [3.63, 3.8) is 0 Å². The third kappa shape index (κ3) is 3.42. The van der Waals surface area contributed by atoms with Crippen LogP contribution in [-0.4, -0.2) is 31.9 Å². The average Bonchev–Trinajstić information content (AvgIpc) is 3.08. The fourth-order valence-corrected chi connectivity index (χ4v) is 3.09. The molecule has 0 fully saturated rings. The summed E-state index contributed by atoms with van der Waals surface area (Å²) in [6.45, 7) is 5.42. The zero-order chi connectivity index (χ0) is 19.6. The molecule has 0 radical (unpaired) electrons. The molecule has 0 aliphatic carbocycles. The van der Waals surface area contributed by atoms with Gasteiger partial charge in [-0.3, -0.25) is 0 Å². The van der Waals surface area contributed by atoms with E-state index in [0.29, 0.717) is 17.1 Å². The van der Waals surface area contributed by atoms with Crippen LogP contribution >= 0.6 is 0 Å². The molecule has 0 saturated carbocycles. The average molecular weight is 375 g/mol. The van der Waals surface area contributed by atoms with Crippen molar-refractivity contribution in [3.05, 3.63) is 46.6 Å². The fourth-order valence-electron chi connectivity index (χ4n) is 3.09. The Morgan fingerprint density at radius 3 is 2.37 bits per heavy atom. The number of ether oxygens (including phenoxy) is 5. The first kappa shape index (κ1) is 18.6. The highest BCUT2D eigenvalue weighted by Crippen LogP contribution is 2.43. The van der Waals surface area contributed by atoms with Crippen LogP contribution in [0.1, 0.15) is 32.3 Å². The Bertz CT molecular complexity index is 800. The molecule has 0 bridgehead atoms. The summed E-state index contributed by atoms with van der Waals surface area (Å²) in [4.78, 5) is 25.2. The standard InChI is InChI=1S/C19H21NO7/c1-4-23-18(21)14-10(3)27-17(20)16(19(22)24-5-2)15(14)11-6-7-12-13(8-11)26-9-25-12/h6-8,15H,4-5,9,20H2,1-3H3/t15-/m1/s1. The Balaban J connectivity index is 2.14. The molecule has 2 aliphatic rings. The summed E-state index contributed by atoms with van der Waals surface area (Å²) in [6, 6.07) is 5.16. The second kappa shape index (κ2) is 7.61. The number of hydrogen-bond donors (Lipinski definition) is 1. The van der Waals surface area contributed by atoms with Gasteiger partial charge in [-0.25, -0.2) is 9.59 Å². The van der Waals surface area contributed by atoms with Crippen molar-refractivity contribution in [1.29, 1.82) is 0 Å². The van der Waals surface area contributed by atoms with Crippen LogP contribution in [0.15, 0.2) is 41.0 Å². The molecule has 0 saturated heterocycles. The molecule has 1 aromatic carbocycles. The van der Waals surface area contributed by atoms with Gasteiger partial charge in [0.15, 0.2) is 11.5 Å². The SMILES string of the molecule is CCOC(=O)C1=C(C)OC(N)=C(C(=O)OCC)[C@@H]1c1ccc2c(c1)OCO2. The van der Waals surface area contributed by atoms with Gasteiger partial charge in [-0.1, -0.05) is 6.07 Å². The van der Waals surface area contributed by atoms with Crippen molar-refractivity contribution in [1.82, 2.24) is 0 Å². The van der Waals surface area contributed by atoms with Gasteiger partial charge >= 0.3 is 11.9 Å². The van der Waals surface area contributed by atoms with Crippen LogP contribution in [0.25, 0.3) is 0 Å². The molecule has 0 unspecified atom stereocenters. The summed E-state index contributed by atoms with van der Waals surface area (Å²) >= 11 is 0. The Labute approximate surface area is 156 Å². The van der Waals surface area contributed by atoms with Crippen molar-refractivity contribution in [2.24, 2.45) is 5.73 Å². The molecule has 3 rings (SSSR count). The predicted molar refractivity (Wildman–Crippen MR) is 93.6 cm³/mol. The number of fused-ring (bicyclic) bond motifs is 1. The molecule has 2 N–H and O–H groups in total. The highest BCUT2D eigenvalue weighted by atomic mass is 16.7. The molecule has 8 nitrogen and oxygen atoms in total. The summed E-state index contributed by atoms with van der Waals surface area (Å²) in [5.74, 6) is -0.811. The van der Waals surface area contributed by atoms with Crippen LogP contribution < -0.4 is 15.2 Å². The largest absolute Gasteiger partial charge is 0.463 e. The maximum Gasteiger partial charge on any atom is 0.340 e. The second-order valence-electron chi connectivity index (χ2n) is 5.84. The van der Waals surface area contributed by atoms with Crippen molar-refractivity contribution < 1.29 is 33.3 Å². The van der Waals surface area contributed by atoms with Crippen LogP contribution in [-0.2, 0) is 23.8 Å². The zero-order valence-electron chi connectivity index (χ0n) is 15.4. The van der Waals surface area contributed by atoms with Gasteiger partial charge in [0.1, 0.15) is 11.3 Å². The van der Waals surface area contributed by atoms with Crippen LogP contribution in [0.4, 0.5) is 0 Å². The van der Waals surface area contributed by atoms with Crippen molar-refractivity contribution in [2.45, 2.75) is 26.7 Å². The van der Waals surface area contributed by atoms with Crippen LogP contribution in [0, 0.1) is 0 Å². The van der Waals surface area contributed by atoms with Gasteiger partial charge in [-0.15, -0.1) is 0 Å². The lowest BCUT2D eigenvalue weighted by molar-refractivity contribution is -0.140. The molecule has 0 spiro atoms. The number of esters is 2. The minimum Gasteiger partial charge on any atom is -0.463 e. The summed E-state index contributed by atoms with van der Waals surface area (Å²) < 4.78 is 26.5. The molecular formula is C19H21NO7. The number of rotatable bonds is 5. The molecule has 2 heterocycles. The normalized spacial score (nSPS) is 18.3. The lowest BCUT2D eigenvalue weighted by Crippen LogP contribution is -2.30. The molecule has 144 valence electrons. The quantitative estimate of drug-likeness (QED) is 0.780. The smallest absolute Gasteiger partial charge is 0.340 e. The van der Waals surface area contributed by atoms with E-state index in [1.807, 2.05) is 0 Å². The second-order valence-corrected chi connectivity index (χ2v) is 5.84. The predicted octanol–water partition coefficient (Wildman–Crippen LogP) is 2.10. The van der Waals surface area contributed by atoms with Gasteiger partial charge in [0.25, 0.3) is 0 Å². The highest BCUT2D eigenvalue weighted by molar-refractivity contribution is 5.99. The maximum absolute atomic E-state index is 12.6. The van der Waals surface area contributed by atoms with Gasteiger partial charge < -0.3 is 29.4 Å². The van der Waals surface area contributed by atoms with E-state index >= 15 is 0 Å². The van der Waals surface area contributed by atoms with Crippen LogP contribution in [0.2, 0.25) is 0 Å². The van der Waals surface area contributed by atoms with Gasteiger partial charge in [-0.2, -0.15) is 0 Å². The van der Waals surface area contributed by atoms with Gasteiger partial charge in [-0.05, 0) is 38.5 Å². The summed E-state index contributed by atoms with van der Waals surface area (Å²) in [7, 11) is 0. The van der Waals surface area contributed by atoms with E-state index in [0.717, 1.165) is 0 Å². The van der Waals surface area contributed by atoms with Gasteiger partial charge in [0.2, 0.25) is 12.7 Å². The molecule has 0 amide bonds. The fraction of sp³-hybridized carbons (Fsp3) is 0.368. The van der Waals surface area contributed by atoms with E-state index in [1.165, 1.54) is 0 Å². The molecule has 2 aliphatic heterocycles. The highest BCUT2D eigenvalue weighted by Gasteiger charge is 2.40. The zero-order valence-corrected chi connectivity index (χ0v) is 15.4. The molecule has 1 atom stereocenters. The van der Waals surface area contributed by atoms with Gasteiger partial charge in [0, 0.05) is 0 Å². The summed E-state index contributed by atoms with van der Waals surface area (Å²) in [5, 5.41) is 0. The van der Waals surface area contributed by atoms with E-state index in [4.69, 9.17) is 29.4 Å². The topological polar surface area (TPSA) is 106 Å². The maximum atomic E-state index is 12.6. The van der Waals surface area contributed by atoms with Crippen molar-refractivity contribution >= 4 is 11.9 Å². The van der Waals surface area contributed by atoms with E-state index in [9.17, 15) is 9.59 Å². The molecule has 1 aromatic rings. The molecule has 8 heteroatoms. The lowest BCUT2D eigenvalue weighted by atomic mass is 9.82. The first-order valence-electron chi connectivity index (χ1n) is 8.59. The van der Waals surface area contributed by atoms with E-state index in [1.54, 1.807) is 39.0 Å². The Kier molecular flexibility index (Phi) is 5.25. The number of allylic oxidation sites excluding steroid dienone is 1. The number of carbonyl (C=O) groups excluding carboxylic acids is 2. The van der Waals surface area contributed by atoms with E-state index in [-0.39, 0.29) is 42.8 Å². The van der Waals surface area contributed by atoms with Gasteiger partial charge in [0.05, 0.1) is 24.7 Å². The molecule has 0 aromatic heterocycles. The minimum absolute atomic E-state index is 0.0457. The van der Waals surface area contributed by atoms with E-state index in [2.05, 4.69) is 0 Å². The summed E-state index contributed by atoms with van der Waals surface area (Å²) in [6.07, 6.45) is 0. The number of carbonyl (C=O) groups is 2. The minimum atomic E-state index is -0.814. The lowest BCUT2D eigenvalue weighted by Gasteiger charge is -2.28. The van der Waals surface area contributed by atoms with Crippen molar-refractivity contribution in [2.75, 3.05) is 20.0 Å².